The summed E-state index contributed by atoms with van der Waals surface area (Å²) >= 11 is 0. The van der Waals surface area contributed by atoms with E-state index in [1.807, 2.05) is 0 Å². The quantitative estimate of drug-likeness (QED) is 0.0320. The summed E-state index contributed by atoms with van der Waals surface area (Å²) in [5.74, 6) is -0.0270. The van der Waals surface area contributed by atoms with Crippen molar-refractivity contribution in [3.05, 3.63) is 24.3 Å². The number of esters is 1. The first-order valence-electron chi connectivity index (χ1n) is 35.6. The largest absolute Gasteiger partial charge is 0.466 e. The van der Waals surface area contributed by atoms with E-state index in [4.69, 9.17) is 4.74 Å². The highest BCUT2D eigenvalue weighted by Gasteiger charge is 2.20. The van der Waals surface area contributed by atoms with E-state index in [0.717, 1.165) is 44.9 Å². The van der Waals surface area contributed by atoms with Crippen molar-refractivity contribution in [2.75, 3.05) is 13.2 Å². The van der Waals surface area contributed by atoms with Crippen LogP contribution in [0.2, 0.25) is 0 Å². The van der Waals surface area contributed by atoms with Crippen LogP contribution in [0.1, 0.15) is 399 Å². The summed E-state index contributed by atoms with van der Waals surface area (Å²) in [7, 11) is 0. The molecule has 0 aromatic rings. The van der Waals surface area contributed by atoms with Gasteiger partial charge in [0.15, 0.2) is 0 Å². The number of carbonyl (C=O) groups is 2. The standard InChI is InChI=1S/C72H139NO5/c1-3-5-7-9-11-13-15-17-19-21-22-30-33-36-40-44-48-52-56-60-64-70(75)69(68-74)73-71(76)65-61-57-53-49-45-41-37-34-31-28-26-24-23-25-27-29-32-35-39-43-47-51-55-59-63-67-78-72(77)66-62-58-54-50-46-42-38-20-18-16-14-12-10-8-6-4-2/h20,24,26,38,69-70,74-75H,3-19,21-23,25,27-37,39-68H2,1-2H3,(H,73,76)/b26-24-,38-20-. The van der Waals surface area contributed by atoms with E-state index in [-0.39, 0.29) is 18.5 Å². The number of carbonyl (C=O) groups excluding carboxylic acids is 2. The Morgan fingerprint density at radius 1 is 0.346 bits per heavy atom. The van der Waals surface area contributed by atoms with Crippen LogP contribution in [0.5, 0.6) is 0 Å². The van der Waals surface area contributed by atoms with E-state index < -0.39 is 12.1 Å². The summed E-state index contributed by atoms with van der Waals surface area (Å²) in [6, 6.07) is -0.545. The Labute approximate surface area is 488 Å². The van der Waals surface area contributed by atoms with Crippen molar-refractivity contribution in [3.63, 3.8) is 0 Å². The van der Waals surface area contributed by atoms with Crippen LogP contribution >= 0.6 is 0 Å². The second-order valence-electron chi connectivity index (χ2n) is 24.6. The summed E-state index contributed by atoms with van der Waals surface area (Å²) < 4.78 is 5.49. The zero-order chi connectivity index (χ0) is 56.4. The van der Waals surface area contributed by atoms with Crippen molar-refractivity contribution in [2.24, 2.45) is 0 Å². The third kappa shape index (κ3) is 63.5. The molecule has 0 aliphatic carbocycles. The van der Waals surface area contributed by atoms with Crippen LogP contribution in [-0.4, -0.2) is 47.4 Å². The number of amides is 1. The average molecular weight is 1100 g/mol. The number of aliphatic hydroxyl groups is 2. The number of hydrogen-bond acceptors (Lipinski definition) is 5. The van der Waals surface area contributed by atoms with Crippen molar-refractivity contribution < 1.29 is 24.5 Å². The van der Waals surface area contributed by atoms with Crippen molar-refractivity contribution >= 4 is 11.9 Å². The molecule has 462 valence electrons. The average Bonchev–Trinajstić information content (AvgIpc) is 3.44. The van der Waals surface area contributed by atoms with Crippen LogP contribution in [0.3, 0.4) is 0 Å². The first-order chi connectivity index (χ1) is 38.5. The highest BCUT2D eigenvalue weighted by Crippen LogP contribution is 2.19. The van der Waals surface area contributed by atoms with Crippen LogP contribution in [-0.2, 0) is 14.3 Å². The fraction of sp³-hybridized carbons (Fsp3) is 0.917. The van der Waals surface area contributed by atoms with Gasteiger partial charge < -0.3 is 20.3 Å². The van der Waals surface area contributed by atoms with E-state index in [1.54, 1.807) is 0 Å². The number of aliphatic hydroxyl groups excluding tert-OH is 2. The highest BCUT2D eigenvalue weighted by atomic mass is 16.5. The van der Waals surface area contributed by atoms with Gasteiger partial charge in [-0.1, -0.05) is 334 Å². The van der Waals surface area contributed by atoms with Crippen molar-refractivity contribution in [1.82, 2.24) is 5.32 Å². The van der Waals surface area contributed by atoms with Crippen LogP contribution in [0.15, 0.2) is 24.3 Å². The smallest absolute Gasteiger partial charge is 0.305 e. The Kier molecular flexibility index (Phi) is 66.4. The third-order valence-electron chi connectivity index (χ3n) is 16.7. The summed E-state index contributed by atoms with van der Waals surface area (Å²) in [4.78, 5) is 24.6. The molecule has 0 rings (SSSR count). The summed E-state index contributed by atoms with van der Waals surface area (Å²) in [5, 5.41) is 23.4. The molecule has 6 nitrogen and oxygen atoms in total. The van der Waals surface area contributed by atoms with Gasteiger partial charge in [0, 0.05) is 12.8 Å². The SMILES string of the molecule is CCCCCCCCC/C=C\CCCCCCCC(=O)OCCCCCCCCCCCCCC/C=C\CCCCCCCCCCCC(=O)NC(CO)C(O)CCCCCCCCCCCCCCCCCCCCCC. The number of nitrogens with one attached hydrogen (secondary N) is 1. The number of unbranched alkanes of at least 4 members (excludes halogenated alkanes) is 52. The minimum atomic E-state index is -0.667. The van der Waals surface area contributed by atoms with Gasteiger partial charge in [0.25, 0.3) is 0 Å². The van der Waals surface area contributed by atoms with Gasteiger partial charge in [-0.2, -0.15) is 0 Å². The number of hydrogen-bond donors (Lipinski definition) is 3. The second kappa shape index (κ2) is 67.8. The summed E-state index contributed by atoms with van der Waals surface area (Å²) in [6.07, 6.45) is 85.1. The van der Waals surface area contributed by atoms with E-state index >= 15 is 0 Å². The Morgan fingerprint density at radius 2 is 0.603 bits per heavy atom. The Balaban J connectivity index is 3.39. The lowest BCUT2D eigenvalue weighted by molar-refractivity contribution is -0.143. The van der Waals surface area contributed by atoms with E-state index in [9.17, 15) is 19.8 Å². The molecule has 0 fully saturated rings. The molecule has 0 aromatic carbocycles. The molecule has 0 spiro atoms. The highest BCUT2D eigenvalue weighted by molar-refractivity contribution is 5.76. The van der Waals surface area contributed by atoms with Gasteiger partial charge in [-0.25, -0.2) is 0 Å². The monoisotopic (exact) mass is 1100 g/mol. The molecule has 0 heterocycles. The fourth-order valence-corrected chi connectivity index (χ4v) is 11.3. The van der Waals surface area contributed by atoms with Crippen LogP contribution in [0.25, 0.3) is 0 Å². The van der Waals surface area contributed by atoms with E-state index in [0.29, 0.717) is 25.9 Å². The molecule has 78 heavy (non-hydrogen) atoms. The first kappa shape index (κ1) is 76.3. The molecular weight excluding hydrogens is 959 g/mol. The van der Waals surface area contributed by atoms with E-state index in [1.165, 1.54) is 321 Å². The minimum absolute atomic E-state index is 0.00696. The second-order valence-corrected chi connectivity index (χ2v) is 24.6. The molecule has 0 aromatic heterocycles. The third-order valence-corrected chi connectivity index (χ3v) is 16.7. The Hall–Kier alpha value is -1.66. The normalized spacial score (nSPS) is 12.6. The fourth-order valence-electron chi connectivity index (χ4n) is 11.3. The van der Waals surface area contributed by atoms with Crippen molar-refractivity contribution in [1.29, 1.82) is 0 Å². The lowest BCUT2D eigenvalue weighted by Crippen LogP contribution is -2.45. The molecule has 2 atom stereocenters. The predicted octanol–water partition coefficient (Wildman–Crippen LogP) is 22.9. The molecule has 0 aliphatic rings. The van der Waals surface area contributed by atoms with Gasteiger partial charge >= 0.3 is 5.97 Å². The van der Waals surface area contributed by atoms with Gasteiger partial charge in [0.1, 0.15) is 0 Å². The maximum atomic E-state index is 12.5. The van der Waals surface area contributed by atoms with Crippen LogP contribution < -0.4 is 5.32 Å². The molecule has 0 bridgehead atoms. The zero-order valence-corrected chi connectivity index (χ0v) is 52.9. The first-order valence-corrected chi connectivity index (χ1v) is 35.6. The number of allylic oxidation sites excluding steroid dienone is 4. The lowest BCUT2D eigenvalue weighted by atomic mass is 10.0. The topological polar surface area (TPSA) is 95.9 Å². The van der Waals surface area contributed by atoms with Gasteiger partial charge in [-0.05, 0) is 77.0 Å². The predicted molar refractivity (Wildman–Crippen MR) is 343 cm³/mol. The minimum Gasteiger partial charge on any atom is -0.466 e. The maximum absolute atomic E-state index is 12.5. The molecule has 3 N–H and O–H groups in total. The van der Waals surface area contributed by atoms with Gasteiger partial charge in [-0.3, -0.25) is 9.59 Å². The number of rotatable bonds is 67. The molecule has 0 saturated carbocycles. The molecule has 6 heteroatoms. The molecule has 0 saturated heterocycles. The van der Waals surface area contributed by atoms with Gasteiger partial charge in [-0.15, -0.1) is 0 Å². The summed E-state index contributed by atoms with van der Waals surface area (Å²) in [6.45, 7) is 4.98. The molecule has 0 aliphatic heterocycles. The zero-order valence-electron chi connectivity index (χ0n) is 52.9. The van der Waals surface area contributed by atoms with Gasteiger partial charge in [0.05, 0.1) is 25.4 Å². The number of ether oxygens (including phenoxy) is 1. The maximum Gasteiger partial charge on any atom is 0.305 e. The molecule has 0 radical (unpaired) electrons. The molecule has 1 amide bonds. The van der Waals surface area contributed by atoms with Crippen molar-refractivity contribution in [2.45, 2.75) is 411 Å². The van der Waals surface area contributed by atoms with Crippen LogP contribution in [0, 0.1) is 0 Å². The molecule has 2 unspecified atom stereocenters. The van der Waals surface area contributed by atoms with Gasteiger partial charge in [0.2, 0.25) is 5.91 Å². The molecular formula is C72H139NO5. The Bertz CT molecular complexity index is 1220. The van der Waals surface area contributed by atoms with Crippen LogP contribution in [0.4, 0.5) is 0 Å². The Morgan fingerprint density at radius 3 is 0.910 bits per heavy atom. The lowest BCUT2D eigenvalue weighted by Gasteiger charge is -2.22. The van der Waals surface area contributed by atoms with Crippen molar-refractivity contribution in [3.8, 4) is 0 Å². The van der Waals surface area contributed by atoms with E-state index in [2.05, 4.69) is 43.5 Å². The summed E-state index contributed by atoms with van der Waals surface area (Å²) in [5.41, 5.74) is 0.